The summed E-state index contributed by atoms with van der Waals surface area (Å²) in [5, 5.41) is 1.97. The molecule has 0 spiro atoms. The number of ether oxygens (including phenoxy) is 1. The summed E-state index contributed by atoms with van der Waals surface area (Å²) in [5.41, 5.74) is -1.68. The Morgan fingerprint density at radius 2 is 1.72 bits per heavy atom. The quantitative estimate of drug-likeness (QED) is 0.513. The Labute approximate surface area is 165 Å². The standard InChI is InChI=1S/C19H10ClF5N2O2/c20-12-8-10(19(23,24)25)4-6-15(12)29-11-5-7-16(26-9-11)27-18(28)17-13(21)2-1-3-14(17)22/h1-9H,(H,26,27,28). The number of anilines is 1. The van der Waals surface area contributed by atoms with E-state index in [1.807, 2.05) is 0 Å². The summed E-state index contributed by atoms with van der Waals surface area (Å²) in [4.78, 5) is 15.9. The molecule has 10 heteroatoms. The van der Waals surface area contributed by atoms with Crippen LogP contribution >= 0.6 is 11.6 Å². The zero-order chi connectivity index (χ0) is 21.2. The van der Waals surface area contributed by atoms with Crippen LogP contribution in [0.5, 0.6) is 11.5 Å². The number of alkyl halides is 3. The maximum Gasteiger partial charge on any atom is 0.416 e. The van der Waals surface area contributed by atoms with Gasteiger partial charge in [-0.1, -0.05) is 17.7 Å². The van der Waals surface area contributed by atoms with Gasteiger partial charge in [-0.3, -0.25) is 4.79 Å². The van der Waals surface area contributed by atoms with Gasteiger partial charge in [0, 0.05) is 0 Å². The summed E-state index contributed by atoms with van der Waals surface area (Å²) in [5.74, 6) is -3.04. The van der Waals surface area contributed by atoms with Crippen molar-refractivity contribution in [3.63, 3.8) is 0 Å². The van der Waals surface area contributed by atoms with Crippen LogP contribution in [0, 0.1) is 11.6 Å². The van der Waals surface area contributed by atoms with E-state index in [1.54, 1.807) is 0 Å². The third-order valence-electron chi connectivity index (χ3n) is 3.65. The minimum Gasteiger partial charge on any atom is -0.454 e. The zero-order valence-corrected chi connectivity index (χ0v) is 15.0. The highest BCUT2D eigenvalue weighted by Gasteiger charge is 2.31. The van der Waals surface area contributed by atoms with Gasteiger partial charge in [-0.2, -0.15) is 13.2 Å². The fourth-order valence-corrected chi connectivity index (χ4v) is 2.51. The smallest absolute Gasteiger partial charge is 0.416 e. The molecule has 1 heterocycles. The number of pyridine rings is 1. The lowest BCUT2D eigenvalue weighted by molar-refractivity contribution is -0.137. The first-order chi connectivity index (χ1) is 13.6. The van der Waals surface area contributed by atoms with Crippen molar-refractivity contribution in [1.29, 1.82) is 0 Å². The molecule has 150 valence electrons. The highest BCUT2D eigenvalue weighted by Crippen LogP contribution is 2.36. The summed E-state index contributed by atoms with van der Waals surface area (Å²) in [7, 11) is 0. The third-order valence-corrected chi connectivity index (χ3v) is 3.95. The lowest BCUT2D eigenvalue weighted by Crippen LogP contribution is -2.16. The van der Waals surface area contributed by atoms with Crippen molar-refractivity contribution in [2.24, 2.45) is 0 Å². The van der Waals surface area contributed by atoms with Gasteiger partial charge in [0.05, 0.1) is 16.8 Å². The molecule has 0 aliphatic rings. The summed E-state index contributed by atoms with van der Waals surface area (Å²) < 4.78 is 70.6. The second-order valence-electron chi connectivity index (χ2n) is 5.67. The van der Waals surface area contributed by atoms with Crippen molar-refractivity contribution in [1.82, 2.24) is 4.98 Å². The minimum absolute atomic E-state index is 0.0245. The van der Waals surface area contributed by atoms with Crippen LogP contribution in [-0.4, -0.2) is 10.9 Å². The van der Waals surface area contributed by atoms with Crippen LogP contribution in [0.15, 0.2) is 54.7 Å². The number of nitrogens with zero attached hydrogens (tertiary/aromatic N) is 1. The summed E-state index contributed by atoms with van der Waals surface area (Å²) in [6.07, 6.45) is -3.39. The molecule has 0 fully saturated rings. The molecule has 0 unspecified atom stereocenters. The molecule has 1 amide bonds. The van der Waals surface area contributed by atoms with Gasteiger partial charge < -0.3 is 10.1 Å². The maximum atomic E-state index is 13.6. The molecule has 0 aliphatic heterocycles. The number of halogens is 6. The van der Waals surface area contributed by atoms with Crippen LogP contribution in [0.3, 0.4) is 0 Å². The Morgan fingerprint density at radius 3 is 2.28 bits per heavy atom. The number of hydrogen-bond donors (Lipinski definition) is 1. The Balaban J connectivity index is 1.72. The second kappa shape index (κ2) is 8.04. The molecule has 0 radical (unpaired) electrons. The van der Waals surface area contributed by atoms with Gasteiger partial charge in [-0.15, -0.1) is 0 Å². The third kappa shape index (κ3) is 4.80. The van der Waals surface area contributed by atoms with E-state index in [-0.39, 0.29) is 22.3 Å². The Bertz CT molecular complexity index is 1040. The largest absolute Gasteiger partial charge is 0.454 e. The summed E-state index contributed by atoms with van der Waals surface area (Å²) >= 11 is 5.81. The molecule has 0 saturated heterocycles. The molecule has 2 aromatic carbocycles. The average molecular weight is 429 g/mol. The van der Waals surface area contributed by atoms with Crippen LogP contribution < -0.4 is 10.1 Å². The van der Waals surface area contributed by atoms with E-state index in [4.69, 9.17) is 16.3 Å². The van der Waals surface area contributed by atoms with Crippen molar-refractivity contribution in [3.8, 4) is 11.5 Å². The maximum absolute atomic E-state index is 13.6. The van der Waals surface area contributed by atoms with Gasteiger partial charge >= 0.3 is 6.18 Å². The molecule has 29 heavy (non-hydrogen) atoms. The van der Waals surface area contributed by atoms with Gasteiger partial charge in [-0.25, -0.2) is 13.8 Å². The lowest BCUT2D eigenvalue weighted by Gasteiger charge is -2.11. The fraction of sp³-hybridized carbons (Fsp3) is 0.0526. The number of nitrogens with one attached hydrogen (secondary N) is 1. The van der Waals surface area contributed by atoms with Gasteiger partial charge in [0.15, 0.2) is 0 Å². The van der Waals surface area contributed by atoms with E-state index in [0.717, 1.165) is 42.6 Å². The molecule has 0 aliphatic carbocycles. The van der Waals surface area contributed by atoms with Gasteiger partial charge in [0.2, 0.25) is 0 Å². The number of carbonyl (C=O) groups is 1. The van der Waals surface area contributed by atoms with Gasteiger partial charge in [-0.05, 0) is 42.5 Å². The van der Waals surface area contributed by atoms with E-state index >= 15 is 0 Å². The predicted molar refractivity (Wildman–Crippen MR) is 95.1 cm³/mol. The lowest BCUT2D eigenvalue weighted by atomic mass is 10.2. The van der Waals surface area contributed by atoms with Gasteiger partial charge in [0.1, 0.15) is 34.5 Å². The normalized spacial score (nSPS) is 11.2. The topological polar surface area (TPSA) is 51.2 Å². The molecule has 0 atom stereocenters. The molecule has 3 aromatic rings. The minimum atomic E-state index is -4.54. The highest BCUT2D eigenvalue weighted by molar-refractivity contribution is 6.32. The Hall–Kier alpha value is -3.20. The number of aromatic nitrogens is 1. The first-order valence-corrected chi connectivity index (χ1v) is 8.29. The first kappa shape index (κ1) is 20.5. The molecular weight excluding hydrogens is 419 g/mol. The van der Waals surface area contributed by atoms with E-state index in [9.17, 15) is 26.7 Å². The number of benzene rings is 2. The number of hydrogen-bond acceptors (Lipinski definition) is 3. The van der Waals surface area contributed by atoms with Crippen LogP contribution in [-0.2, 0) is 6.18 Å². The molecule has 0 saturated carbocycles. The number of carbonyl (C=O) groups excluding carboxylic acids is 1. The second-order valence-corrected chi connectivity index (χ2v) is 6.08. The van der Waals surface area contributed by atoms with Crippen LogP contribution in [0.25, 0.3) is 0 Å². The van der Waals surface area contributed by atoms with Crippen LogP contribution in [0.1, 0.15) is 15.9 Å². The van der Waals surface area contributed by atoms with Crippen molar-refractivity contribution in [2.75, 3.05) is 5.32 Å². The predicted octanol–water partition coefficient (Wildman–Crippen LogP) is 6.08. The van der Waals surface area contributed by atoms with E-state index in [2.05, 4.69) is 10.3 Å². The van der Waals surface area contributed by atoms with Crippen molar-refractivity contribution < 1.29 is 31.5 Å². The molecule has 1 aromatic heterocycles. The molecular formula is C19H10ClF5N2O2. The molecule has 1 N–H and O–H groups in total. The average Bonchev–Trinajstić information content (AvgIpc) is 2.64. The Morgan fingerprint density at radius 1 is 1.03 bits per heavy atom. The molecule has 3 rings (SSSR count). The van der Waals surface area contributed by atoms with E-state index in [1.165, 1.54) is 12.1 Å². The van der Waals surface area contributed by atoms with E-state index < -0.39 is 34.8 Å². The number of rotatable bonds is 4. The summed E-state index contributed by atoms with van der Waals surface area (Å²) in [6.45, 7) is 0. The zero-order valence-electron chi connectivity index (χ0n) is 14.2. The van der Waals surface area contributed by atoms with Crippen molar-refractivity contribution in [2.45, 2.75) is 6.18 Å². The highest BCUT2D eigenvalue weighted by atomic mass is 35.5. The van der Waals surface area contributed by atoms with Gasteiger partial charge in [0.25, 0.3) is 5.91 Å². The van der Waals surface area contributed by atoms with Crippen molar-refractivity contribution >= 4 is 23.3 Å². The SMILES string of the molecule is O=C(Nc1ccc(Oc2ccc(C(F)(F)F)cc2Cl)cn1)c1c(F)cccc1F. The summed E-state index contributed by atoms with van der Waals surface area (Å²) in [6, 6.07) is 8.22. The first-order valence-electron chi connectivity index (χ1n) is 7.91. The monoisotopic (exact) mass is 428 g/mol. The van der Waals surface area contributed by atoms with Crippen LogP contribution in [0.2, 0.25) is 5.02 Å². The molecule has 0 bridgehead atoms. The van der Waals surface area contributed by atoms with Crippen molar-refractivity contribution in [3.05, 3.63) is 82.5 Å². The Kier molecular flexibility index (Phi) is 5.69. The van der Waals surface area contributed by atoms with E-state index in [0.29, 0.717) is 0 Å². The number of amides is 1. The molecule has 4 nitrogen and oxygen atoms in total. The van der Waals surface area contributed by atoms with Crippen LogP contribution in [0.4, 0.5) is 27.8 Å². The fourth-order valence-electron chi connectivity index (χ4n) is 2.30.